The van der Waals surface area contributed by atoms with E-state index in [-0.39, 0.29) is 36.2 Å². The molecule has 0 radical (unpaired) electrons. The molecule has 5 N–H and O–H groups in total. The van der Waals surface area contributed by atoms with Crippen molar-refractivity contribution in [3.63, 3.8) is 0 Å². The number of aliphatic hydroxyl groups is 1. The van der Waals surface area contributed by atoms with Crippen LogP contribution >= 0.6 is 0 Å². The second-order valence-corrected chi connectivity index (χ2v) is 8.83. The predicted octanol–water partition coefficient (Wildman–Crippen LogP) is 3.38. The fourth-order valence-corrected chi connectivity index (χ4v) is 4.33. The number of methoxy groups -OCH3 is 1. The molecule has 0 fully saturated rings. The van der Waals surface area contributed by atoms with E-state index < -0.39 is 17.9 Å². The van der Waals surface area contributed by atoms with Crippen molar-refractivity contribution < 1.29 is 23.4 Å². The van der Waals surface area contributed by atoms with Crippen LogP contribution in [0.3, 0.4) is 0 Å². The number of rotatable bonds is 10. The quantitative estimate of drug-likeness (QED) is 0.139. The maximum absolute atomic E-state index is 15.2. The Hall–Kier alpha value is -4.71. The standard InChI is InChI=1S/C27H28F2N6O4/c1-15-8-19(16-10-20(29)26(22(11-16)38-3)39-13-23(31)32-14-30)25-21(9-15)35(27(37)34(25)2)12-24(36)33-18-6-4-17(28)5-7-18/h4-11,14,24,33,36H,12-13H2,1-3H3,(H3,30,31,32). The minimum Gasteiger partial charge on any atom is -0.493 e. The van der Waals surface area contributed by atoms with Crippen molar-refractivity contribution in [3.8, 4) is 22.6 Å². The first-order valence-electron chi connectivity index (χ1n) is 11.8. The van der Waals surface area contributed by atoms with E-state index in [1.807, 2.05) is 13.0 Å². The minimum absolute atomic E-state index is 0.0108. The van der Waals surface area contributed by atoms with Crippen LogP contribution in [0.1, 0.15) is 5.56 Å². The van der Waals surface area contributed by atoms with E-state index in [1.54, 1.807) is 19.2 Å². The van der Waals surface area contributed by atoms with Gasteiger partial charge in [0.15, 0.2) is 17.3 Å². The Labute approximate surface area is 222 Å². The van der Waals surface area contributed by atoms with Crippen molar-refractivity contribution in [1.29, 1.82) is 5.41 Å². The molecule has 39 heavy (non-hydrogen) atoms. The number of anilines is 1. The van der Waals surface area contributed by atoms with E-state index in [0.29, 0.717) is 27.8 Å². The fraction of sp³-hybridized carbons (Fsp3) is 0.222. The number of aliphatic hydroxyl groups excluding tert-OH is 1. The van der Waals surface area contributed by atoms with Crippen LogP contribution in [0.15, 0.2) is 58.3 Å². The summed E-state index contributed by atoms with van der Waals surface area (Å²) in [4.78, 5) is 16.8. The zero-order valence-electron chi connectivity index (χ0n) is 21.5. The fourth-order valence-electron chi connectivity index (χ4n) is 4.33. The third-order valence-electron chi connectivity index (χ3n) is 6.05. The summed E-state index contributed by atoms with van der Waals surface area (Å²) in [5.74, 6) is -1.20. The van der Waals surface area contributed by atoms with Gasteiger partial charge >= 0.3 is 5.69 Å². The third kappa shape index (κ3) is 5.75. The number of nitrogens with one attached hydrogen (secondary N) is 2. The first kappa shape index (κ1) is 27.3. The Bertz CT molecular complexity index is 1610. The van der Waals surface area contributed by atoms with Gasteiger partial charge in [0.05, 0.1) is 24.7 Å². The monoisotopic (exact) mass is 538 g/mol. The minimum atomic E-state index is -1.15. The molecule has 204 valence electrons. The van der Waals surface area contributed by atoms with Crippen LogP contribution < -0.4 is 26.2 Å². The van der Waals surface area contributed by atoms with Gasteiger partial charge < -0.3 is 25.6 Å². The molecular formula is C27H28F2N6O4. The maximum Gasteiger partial charge on any atom is 0.329 e. The maximum atomic E-state index is 15.2. The Morgan fingerprint density at radius 1 is 1.23 bits per heavy atom. The molecule has 1 unspecified atom stereocenters. The lowest BCUT2D eigenvalue weighted by Crippen LogP contribution is -2.31. The summed E-state index contributed by atoms with van der Waals surface area (Å²) in [7, 11) is 2.96. The Kier molecular flexibility index (Phi) is 7.96. The molecule has 4 aromatic rings. The average Bonchev–Trinajstić information content (AvgIpc) is 3.13. The Morgan fingerprint density at radius 3 is 2.62 bits per heavy atom. The summed E-state index contributed by atoms with van der Waals surface area (Å²) in [6.07, 6.45) is -0.396. The van der Waals surface area contributed by atoms with Crippen molar-refractivity contribution in [2.24, 2.45) is 17.8 Å². The van der Waals surface area contributed by atoms with Crippen LogP contribution in [0.2, 0.25) is 0 Å². The smallest absolute Gasteiger partial charge is 0.329 e. The van der Waals surface area contributed by atoms with Crippen molar-refractivity contribution in [2.45, 2.75) is 19.7 Å². The zero-order chi connectivity index (χ0) is 28.3. The van der Waals surface area contributed by atoms with Gasteiger partial charge in [0.2, 0.25) is 0 Å². The van der Waals surface area contributed by atoms with E-state index in [1.165, 1.54) is 46.6 Å². The van der Waals surface area contributed by atoms with Crippen LogP contribution in [0.4, 0.5) is 14.5 Å². The molecule has 0 saturated carbocycles. The number of aryl methyl sites for hydroxylation is 2. The number of aromatic nitrogens is 2. The number of amidine groups is 1. The van der Waals surface area contributed by atoms with Crippen LogP contribution in [0.5, 0.6) is 11.5 Å². The molecule has 0 saturated heterocycles. The van der Waals surface area contributed by atoms with Crippen molar-refractivity contribution in [1.82, 2.24) is 9.13 Å². The lowest BCUT2D eigenvalue weighted by Gasteiger charge is -2.16. The Balaban J connectivity index is 1.75. The van der Waals surface area contributed by atoms with E-state index >= 15 is 4.39 Å². The van der Waals surface area contributed by atoms with Gasteiger partial charge in [-0.15, -0.1) is 0 Å². The van der Waals surface area contributed by atoms with Crippen molar-refractivity contribution in [2.75, 3.05) is 19.0 Å². The van der Waals surface area contributed by atoms with E-state index in [0.717, 1.165) is 11.9 Å². The highest BCUT2D eigenvalue weighted by Gasteiger charge is 2.21. The van der Waals surface area contributed by atoms with Crippen LogP contribution in [-0.2, 0) is 13.6 Å². The largest absolute Gasteiger partial charge is 0.493 e. The number of hydrogen-bond donors (Lipinski definition) is 4. The van der Waals surface area contributed by atoms with Gasteiger partial charge in [-0.3, -0.25) is 14.5 Å². The van der Waals surface area contributed by atoms with E-state index in [4.69, 9.17) is 20.6 Å². The Morgan fingerprint density at radius 2 is 1.95 bits per heavy atom. The molecule has 0 aliphatic heterocycles. The van der Waals surface area contributed by atoms with Gasteiger partial charge in [-0.1, -0.05) is 0 Å². The van der Waals surface area contributed by atoms with Crippen molar-refractivity contribution in [3.05, 3.63) is 76.2 Å². The summed E-state index contributed by atoms with van der Waals surface area (Å²) < 4.78 is 42.1. The number of imidazole rings is 1. The zero-order valence-corrected chi connectivity index (χ0v) is 21.5. The topological polar surface area (TPSA) is 140 Å². The van der Waals surface area contributed by atoms with Gasteiger partial charge in [-0.25, -0.2) is 18.6 Å². The van der Waals surface area contributed by atoms with Gasteiger partial charge in [0, 0.05) is 18.3 Å². The molecule has 0 aliphatic carbocycles. The summed E-state index contributed by atoms with van der Waals surface area (Å²) in [6, 6.07) is 12.0. The number of benzene rings is 3. The lowest BCUT2D eigenvalue weighted by molar-refractivity contribution is 0.182. The van der Waals surface area contributed by atoms with E-state index in [2.05, 4.69) is 10.3 Å². The SMILES string of the molecule is COc1cc(-c2cc(C)cc3c2n(C)c(=O)n3CC(O)Nc2ccc(F)cc2)cc(F)c1OCC(N)=NC=N. The van der Waals surface area contributed by atoms with Crippen molar-refractivity contribution >= 4 is 28.9 Å². The molecule has 4 rings (SSSR count). The normalized spacial score (nSPS) is 12.4. The first-order valence-corrected chi connectivity index (χ1v) is 11.8. The predicted molar refractivity (Wildman–Crippen MR) is 146 cm³/mol. The molecule has 12 heteroatoms. The molecule has 0 spiro atoms. The number of nitrogens with two attached hydrogens (primary N) is 1. The van der Waals surface area contributed by atoms with Gasteiger partial charge in [0.25, 0.3) is 0 Å². The molecule has 10 nitrogen and oxygen atoms in total. The summed E-state index contributed by atoms with van der Waals surface area (Å²) >= 11 is 0. The van der Waals surface area contributed by atoms with Gasteiger partial charge in [-0.2, -0.15) is 0 Å². The van der Waals surface area contributed by atoms with Crippen LogP contribution in [0.25, 0.3) is 22.2 Å². The van der Waals surface area contributed by atoms with Crippen LogP contribution in [-0.4, -0.2) is 46.4 Å². The molecular weight excluding hydrogens is 510 g/mol. The molecule has 0 bridgehead atoms. The highest BCUT2D eigenvalue weighted by Crippen LogP contribution is 2.38. The van der Waals surface area contributed by atoms with E-state index in [9.17, 15) is 14.3 Å². The molecule has 3 aromatic carbocycles. The highest BCUT2D eigenvalue weighted by molar-refractivity contribution is 5.94. The lowest BCUT2D eigenvalue weighted by atomic mass is 10.0. The van der Waals surface area contributed by atoms with Gasteiger partial charge in [-0.05, 0) is 66.6 Å². The molecule has 1 aromatic heterocycles. The third-order valence-corrected chi connectivity index (χ3v) is 6.05. The molecule has 0 amide bonds. The molecule has 1 atom stereocenters. The summed E-state index contributed by atoms with van der Waals surface area (Å²) in [5, 5.41) is 20.5. The second kappa shape index (κ2) is 11.4. The number of halogens is 2. The molecule has 0 aliphatic rings. The number of fused-ring (bicyclic) bond motifs is 1. The average molecular weight is 539 g/mol. The number of hydrogen-bond acceptors (Lipinski definition) is 6. The second-order valence-electron chi connectivity index (χ2n) is 8.83. The highest BCUT2D eigenvalue weighted by atomic mass is 19.1. The molecule has 1 heterocycles. The first-order chi connectivity index (χ1) is 18.6. The van der Waals surface area contributed by atoms with Crippen LogP contribution in [0, 0.1) is 24.0 Å². The summed E-state index contributed by atoms with van der Waals surface area (Å²) in [6.45, 7) is 1.50. The summed E-state index contributed by atoms with van der Waals surface area (Å²) in [5.41, 5.74) is 8.60. The number of aliphatic imine (C=N–C) groups is 1. The van der Waals surface area contributed by atoms with Gasteiger partial charge in [0.1, 0.15) is 30.8 Å². The number of ether oxygens (including phenoxy) is 2. The number of nitrogens with zero attached hydrogens (tertiary/aromatic N) is 3.